The van der Waals surface area contributed by atoms with Crippen molar-refractivity contribution in [3.05, 3.63) is 0 Å². The molecule has 0 atom stereocenters. The lowest BCUT2D eigenvalue weighted by Crippen LogP contribution is -2.32. The zero-order chi connectivity index (χ0) is 10.1. The van der Waals surface area contributed by atoms with Crippen LogP contribution in [0.25, 0.3) is 0 Å². The van der Waals surface area contributed by atoms with Crippen LogP contribution in [0.2, 0.25) is 0 Å². The number of carbonyl (C=O) groups is 1. The van der Waals surface area contributed by atoms with Gasteiger partial charge in [-0.25, -0.2) is 0 Å². The van der Waals surface area contributed by atoms with Crippen molar-refractivity contribution in [2.75, 3.05) is 26.7 Å². The first-order valence-electron chi connectivity index (χ1n) is 5.03. The Morgan fingerprint density at radius 3 is 2.38 bits per heavy atom. The highest BCUT2D eigenvalue weighted by atomic mass is 16.5. The lowest BCUT2D eigenvalue weighted by molar-refractivity contribution is -0.141. The minimum Gasteiger partial charge on any atom is -0.468 e. The molecule has 3 heteroatoms. The number of methoxy groups -OCH3 is 1. The van der Waals surface area contributed by atoms with Crippen molar-refractivity contribution >= 4 is 5.97 Å². The Labute approximate surface area is 81.1 Å². The molecule has 0 spiro atoms. The van der Waals surface area contributed by atoms with Crippen LogP contribution in [-0.2, 0) is 9.53 Å². The molecule has 0 aromatic carbocycles. The summed E-state index contributed by atoms with van der Waals surface area (Å²) >= 11 is 0. The molecule has 0 saturated heterocycles. The van der Waals surface area contributed by atoms with Gasteiger partial charge in [-0.3, -0.25) is 9.69 Å². The molecule has 13 heavy (non-hydrogen) atoms. The highest BCUT2D eigenvalue weighted by molar-refractivity contribution is 5.71. The Balaban J connectivity index is 3.71. The molecule has 3 nitrogen and oxygen atoms in total. The first-order chi connectivity index (χ1) is 6.24. The van der Waals surface area contributed by atoms with Crippen molar-refractivity contribution in [3.8, 4) is 0 Å². The van der Waals surface area contributed by atoms with Crippen LogP contribution in [-0.4, -0.2) is 37.6 Å². The van der Waals surface area contributed by atoms with Gasteiger partial charge in [-0.2, -0.15) is 0 Å². The Bertz CT molecular complexity index is 137. The maximum absolute atomic E-state index is 11.0. The molecule has 0 aliphatic heterocycles. The molecule has 0 aliphatic carbocycles. The van der Waals surface area contributed by atoms with Gasteiger partial charge in [-0.05, 0) is 25.9 Å². The van der Waals surface area contributed by atoms with Crippen LogP contribution in [0, 0.1) is 0 Å². The van der Waals surface area contributed by atoms with Crippen LogP contribution in [0.5, 0.6) is 0 Å². The number of unbranched alkanes of at least 4 members (excludes halogenated alkanes) is 1. The quantitative estimate of drug-likeness (QED) is 0.568. The Kier molecular flexibility index (Phi) is 7.69. The normalized spacial score (nSPS) is 10.5. The van der Waals surface area contributed by atoms with Gasteiger partial charge in [0.2, 0.25) is 0 Å². The van der Waals surface area contributed by atoms with E-state index >= 15 is 0 Å². The van der Waals surface area contributed by atoms with Crippen LogP contribution in [0.4, 0.5) is 0 Å². The lowest BCUT2D eigenvalue weighted by atomic mass is 10.3. The van der Waals surface area contributed by atoms with Crippen LogP contribution in [0.15, 0.2) is 0 Å². The SMILES string of the molecule is CCCCN(CCC)CC(=O)OC. The van der Waals surface area contributed by atoms with Crippen molar-refractivity contribution in [1.82, 2.24) is 4.90 Å². The van der Waals surface area contributed by atoms with Crippen LogP contribution < -0.4 is 0 Å². The molecule has 0 rings (SSSR count). The summed E-state index contributed by atoms with van der Waals surface area (Å²) in [6.07, 6.45) is 3.40. The van der Waals surface area contributed by atoms with Crippen LogP contribution in [0.3, 0.4) is 0 Å². The molecule has 0 aromatic heterocycles. The molecule has 0 bridgehead atoms. The molecular weight excluding hydrogens is 166 g/mol. The molecule has 0 N–H and O–H groups in total. The summed E-state index contributed by atoms with van der Waals surface area (Å²) in [5, 5.41) is 0. The monoisotopic (exact) mass is 187 g/mol. The summed E-state index contributed by atoms with van der Waals surface area (Å²) in [6, 6.07) is 0. The first-order valence-corrected chi connectivity index (χ1v) is 5.03. The van der Waals surface area contributed by atoms with E-state index < -0.39 is 0 Å². The number of ether oxygens (including phenoxy) is 1. The van der Waals surface area contributed by atoms with E-state index in [0.29, 0.717) is 6.54 Å². The predicted octanol–water partition coefficient (Wildman–Crippen LogP) is 1.67. The van der Waals surface area contributed by atoms with E-state index in [4.69, 9.17) is 0 Å². The molecule has 78 valence electrons. The maximum Gasteiger partial charge on any atom is 0.319 e. The average Bonchev–Trinajstić information content (AvgIpc) is 2.14. The number of esters is 1. The highest BCUT2D eigenvalue weighted by Gasteiger charge is 2.08. The molecule has 0 fully saturated rings. The lowest BCUT2D eigenvalue weighted by Gasteiger charge is -2.19. The van der Waals surface area contributed by atoms with E-state index in [2.05, 4.69) is 23.5 Å². The third-order valence-corrected chi connectivity index (χ3v) is 1.95. The highest BCUT2D eigenvalue weighted by Crippen LogP contribution is 1.97. The van der Waals surface area contributed by atoms with Gasteiger partial charge in [-0.1, -0.05) is 20.3 Å². The van der Waals surface area contributed by atoms with Gasteiger partial charge < -0.3 is 4.74 Å². The summed E-state index contributed by atoms with van der Waals surface area (Å²) in [4.78, 5) is 13.1. The number of nitrogens with zero attached hydrogens (tertiary/aromatic N) is 1. The second kappa shape index (κ2) is 8.05. The molecule has 0 unspecified atom stereocenters. The van der Waals surface area contributed by atoms with Gasteiger partial charge in [0.25, 0.3) is 0 Å². The van der Waals surface area contributed by atoms with Gasteiger partial charge >= 0.3 is 5.97 Å². The summed E-state index contributed by atoms with van der Waals surface area (Å²) in [5.74, 6) is -0.135. The van der Waals surface area contributed by atoms with Gasteiger partial charge in [-0.15, -0.1) is 0 Å². The predicted molar refractivity (Wildman–Crippen MR) is 53.7 cm³/mol. The van der Waals surface area contributed by atoms with E-state index in [1.807, 2.05) is 0 Å². The second-order valence-electron chi connectivity index (χ2n) is 3.21. The standard InChI is InChI=1S/C10H21NO2/c1-4-6-8-11(7-5-2)9-10(12)13-3/h4-9H2,1-3H3. The topological polar surface area (TPSA) is 29.5 Å². The molecule has 0 aliphatic rings. The summed E-state index contributed by atoms with van der Waals surface area (Å²) in [7, 11) is 1.44. The number of rotatable bonds is 7. The zero-order valence-corrected chi connectivity index (χ0v) is 9.01. The third-order valence-electron chi connectivity index (χ3n) is 1.95. The number of hydrogen-bond donors (Lipinski definition) is 0. The Hall–Kier alpha value is -0.570. The van der Waals surface area contributed by atoms with Crippen molar-refractivity contribution in [1.29, 1.82) is 0 Å². The third kappa shape index (κ3) is 6.58. The fourth-order valence-corrected chi connectivity index (χ4v) is 1.21. The van der Waals surface area contributed by atoms with Crippen LogP contribution >= 0.6 is 0 Å². The first kappa shape index (κ1) is 12.4. The molecule has 0 heterocycles. The second-order valence-corrected chi connectivity index (χ2v) is 3.21. The summed E-state index contributed by atoms with van der Waals surface area (Å²) < 4.78 is 4.63. The molecule has 0 saturated carbocycles. The fraction of sp³-hybridized carbons (Fsp3) is 0.900. The van der Waals surface area contributed by atoms with E-state index in [-0.39, 0.29) is 5.97 Å². The molecule has 0 radical (unpaired) electrons. The van der Waals surface area contributed by atoms with Gasteiger partial charge in [0.15, 0.2) is 0 Å². The van der Waals surface area contributed by atoms with Gasteiger partial charge in [0, 0.05) is 0 Å². The minimum atomic E-state index is -0.135. The van der Waals surface area contributed by atoms with Gasteiger partial charge in [0.05, 0.1) is 13.7 Å². The zero-order valence-electron chi connectivity index (χ0n) is 9.01. The van der Waals surface area contributed by atoms with E-state index in [0.717, 1.165) is 25.9 Å². The molecular formula is C10H21NO2. The van der Waals surface area contributed by atoms with E-state index in [9.17, 15) is 4.79 Å². The summed E-state index contributed by atoms with van der Waals surface area (Å²) in [6.45, 7) is 6.69. The number of hydrogen-bond acceptors (Lipinski definition) is 3. The van der Waals surface area contributed by atoms with Crippen molar-refractivity contribution in [2.24, 2.45) is 0 Å². The summed E-state index contributed by atoms with van der Waals surface area (Å²) in [5.41, 5.74) is 0. The van der Waals surface area contributed by atoms with E-state index in [1.165, 1.54) is 13.5 Å². The van der Waals surface area contributed by atoms with Crippen LogP contribution in [0.1, 0.15) is 33.1 Å². The van der Waals surface area contributed by atoms with Crippen molar-refractivity contribution in [2.45, 2.75) is 33.1 Å². The number of carbonyl (C=O) groups excluding carboxylic acids is 1. The minimum absolute atomic E-state index is 0.135. The Morgan fingerprint density at radius 1 is 1.23 bits per heavy atom. The molecule has 0 amide bonds. The average molecular weight is 187 g/mol. The van der Waals surface area contributed by atoms with Gasteiger partial charge in [0.1, 0.15) is 0 Å². The fourth-order valence-electron chi connectivity index (χ4n) is 1.21. The maximum atomic E-state index is 11.0. The Morgan fingerprint density at radius 2 is 1.92 bits per heavy atom. The van der Waals surface area contributed by atoms with E-state index in [1.54, 1.807) is 0 Å². The largest absolute Gasteiger partial charge is 0.468 e. The van der Waals surface area contributed by atoms with Crippen molar-refractivity contribution in [3.63, 3.8) is 0 Å². The molecule has 0 aromatic rings. The van der Waals surface area contributed by atoms with Crippen molar-refractivity contribution < 1.29 is 9.53 Å². The smallest absolute Gasteiger partial charge is 0.319 e.